The average Bonchev–Trinajstić information content (AvgIpc) is 2.58. The van der Waals surface area contributed by atoms with Gasteiger partial charge in [0.2, 0.25) is 0 Å². The molecule has 0 aliphatic rings. The van der Waals surface area contributed by atoms with Gasteiger partial charge in [0, 0.05) is 6.20 Å². The maximum Gasteiger partial charge on any atom is 0.311 e. The molecule has 4 heteroatoms. The molecule has 1 atom stereocenters. The second kappa shape index (κ2) is 4.20. The first-order chi connectivity index (χ1) is 8.00. The van der Waals surface area contributed by atoms with Crippen LogP contribution in [0.4, 0.5) is 0 Å². The maximum absolute atomic E-state index is 11.4. The highest BCUT2D eigenvalue weighted by Crippen LogP contribution is 2.28. The number of carboxylic acids is 1. The molecular formula is C13H16N2O2. The molecular weight excluding hydrogens is 216 g/mol. The second-order valence-electron chi connectivity index (χ2n) is 4.64. The minimum Gasteiger partial charge on any atom is -0.481 e. The molecule has 0 saturated heterocycles. The number of nitrogens with zero attached hydrogens (tertiary/aromatic N) is 2. The van der Waals surface area contributed by atoms with Crippen molar-refractivity contribution in [3.8, 4) is 0 Å². The van der Waals surface area contributed by atoms with E-state index in [1.54, 1.807) is 4.52 Å². The number of rotatable bonds is 3. The van der Waals surface area contributed by atoms with Crippen molar-refractivity contribution in [2.45, 2.75) is 26.7 Å². The molecule has 0 spiro atoms. The normalized spacial score (nSPS) is 13.2. The molecule has 0 fully saturated rings. The molecule has 0 aliphatic heterocycles. The summed E-state index contributed by atoms with van der Waals surface area (Å²) < 4.78 is 1.74. The van der Waals surface area contributed by atoms with Crippen LogP contribution in [0.5, 0.6) is 0 Å². The van der Waals surface area contributed by atoms with Crippen LogP contribution in [0.25, 0.3) is 5.52 Å². The lowest BCUT2D eigenvalue weighted by atomic mass is 9.88. The van der Waals surface area contributed by atoms with Crippen molar-refractivity contribution in [1.82, 2.24) is 9.61 Å². The molecule has 2 aromatic heterocycles. The zero-order chi connectivity index (χ0) is 12.6. The van der Waals surface area contributed by atoms with E-state index in [1.165, 1.54) is 0 Å². The van der Waals surface area contributed by atoms with Gasteiger partial charge in [-0.1, -0.05) is 19.9 Å². The third kappa shape index (κ3) is 2.02. The Kier molecular flexibility index (Phi) is 2.88. The number of hydrogen-bond donors (Lipinski definition) is 1. The molecule has 4 nitrogen and oxygen atoms in total. The van der Waals surface area contributed by atoms with Crippen molar-refractivity contribution in [3.05, 3.63) is 35.7 Å². The molecule has 17 heavy (non-hydrogen) atoms. The Morgan fingerprint density at radius 1 is 1.47 bits per heavy atom. The molecule has 2 rings (SSSR count). The van der Waals surface area contributed by atoms with Crippen LogP contribution in [0.3, 0.4) is 0 Å². The number of aliphatic carboxylic acids is 1. The van der Waals surface area contributed by atoms with Gasteiger partial charge in [-0.15, -0.1) is 0 Å². The van der Waals surface area contributed by atoms with Crippen LogP contribution >= 0.6 is 0 Å². The molecule has 0 bridgehead atoms. The Morgan fingerprint density at radius 3 is 2.76 bits per heavy atom. The highest BCUT2D eigenvalue weighted by atomic mass is 16.4. The van der Waals surface area contributed by atoms with Crippen LogP contribution in [0.15, 0.2) is 24.4 Å². The Hall–Kier alpha value is -1.84. The summed E-state index contributed by atoms with van der Waals surface area (Å²) in [5, 5.41) is 13.6. The van der Waals surface area contributed by atoms with E-state index < -0.39 is 11.9 Å². The predicted octanol–water partition coefficient (Wildman–Crippen LogP) is 2.47. The van der Waals surface area contributed by atoms with E-state index in [-0.39, 0.29) is 5.92 Å². The lowest BCUT2D eigenvalue weighted by Gasteiger charge is -2.17. The highest BCUT2D eigenvalue weighted by molar-refractivity contribution is 5.80. The van der Waals surface area contributed by atoms with Gasteiger partial charge in [-0.2, -0.15) is 5.10 Å². The Balaban J connectivity index is 2.64. The first-order valence-corrected chi connectivity index (χ1v) is 5.68. The number of aromatic nitrogens is 2. The van der Waals surface area contributed by atoms with E-state index in [4.69, 9.17) is 0 Å². The van der Waals surface area contributed by atoms with Crippen molar-refractivity contribution in [1.29, 1.82) is 0 Å². The molecule has 2 heterocycles. The Morgan fingerprint density at radius 2 is 2.18 bits per heavy atom. The molecule has 2 aromatic rings. The number of fused-ring (bicyclic) bond motifs is 1. The maximum atomic E-state index is 11.4. The lowest BCUT2D eigenvalue weighted by Crippen LogP contribution is -2.18. The van der Waals surface area contributed by atoms with Gasteiger partial charge in [0.25, 0.3) is 0 Å². The lowest BCUT2D eigenvalue weighted by molar-refractivity contribution is -0.139. The van der Waals surface area contributed by atoms with E-state index >= 15 is 0 Å². The largest absolute Gasteiger partial charge is 0.481 e. The second-order valence-corrected chi connectivity index (χ2v) is 4.64. The summed E-state index contributed by atoms with van der Waals surface area (Å²) in [6.07, 6.45) is 1.84. The van der Waals surface area contributed by atoms with Gasteiger partial charge in [0.05, 0.1) is 17.1 Å². The van der Waals surface area contributed by atoms with Crippen molar-refractivity contribution in [2.75, 3.05) is 0 Å². The predicted molar refractivity (Wildman–Crippen MR) is 65.1 cm³/mol. The van der Waals surface area contributed by atoms with Crippen molar-refractivity contribution in [3.63, 3.8) is 0 Å². The molecule has 0 aliphatic carbocycles. The topological polar surface area (TPSA) is 54.6 Å². The van der Waals surface area contributed by atoms with Crippen molar-refractivity contribution >= 4 is 11.5 Å². The van der Waals surface area contributed by atoms with Crippen LogP contribution in [-0.4, -0.2) is 20.7 Å². The summed E-state index contributed by atoms with van der Waals surface area (Å²) in [4.78, 5) is 11.4. The van der Waals surface area contributed by atoms with Gasteiger partial charge in [-0.05, 0) is 30.5 Å². The van der Waals surface area contributed by atoms with Gasteiger partial charge in [-0.3, -0.25) is 4.79 Å². The van der Waals surface area contributed by atoms with Crippen LogP contribution in [0, 0.1) is 12.8 Å². The van der Waals surface area contributed by atoms with Crippen LogP contribution in [-0.2, 0) is 4.79 Å². The summed E-state index contributed by atoms with van der Waals surface area (Å²) in [5.41, 5.74) is 2.60. The molecule has 1 unspecified atom stereocenters. The molecule has 0 aromatic carbocycles. The number of pyridine rings is 1. The van der Waals surface area contributed by atoms with Gasteiger partial charge >= 0.3 is 5.97 Å². The van der Waals surface area contributed by atoms with Gasteiger partial charge in [0.1, 0.15) is 0 Å². The van der Waals surface area contributed by atoms with E-state index in [9.17, 15) is 9.90 Å². The highest BCUT2D eigenvalue weighted by Gasteiger charge is 2.25. The van der Waals surface area contributed by atoms with E-state index in [1.807, 2.05) is 45.2 Å². The Labute approximate surface area is 99.9 Å². The summed E-state index contributed by atoms with van der Waals surface area (Å²) in [5.74, 6) is -1.23. The van der Waals surface area contributed by atoms with Crippen molar-refractivity contribution < 1.29 is 9.90 Å². The van der Waals surface area contributed by atoms with Gasteiger partial charge in [0.15, 0.2) is 0 Å². The first-order valence-electron chi connectivity index (χ1n) is 5.68. The first kappa shape index (κ1) is 11.6. The fourth-order valence-corrected chi connectivity index (χ4v) is 2.20. The van der Waals surface area contributed by atoms with Crippen LogP contribution < -0.4 is 0 Å². The minimum absolute atomic E-state index is 0.0499. The molecule has 0 radical (unpaired) electrons. The SMILES string of the molecule is Cc1cc2c(C(C(=O)O)C(C)C)cccn2n1. The summed E-state index contributed by atoms with van der Waals surface area (Å²) in [6.45, 7) is 5.75. The van der Waals surface area contributed by atoms with Crippen LogP contribution in [0.1, 0.15) is 31.0 Å². The Bertz CT molecular complexity index is 558. The van der Waals surface area contributed by atoms with Crippen LogP contribution in [0.2, 0.25) is 0 Å². The number of carbonyl (C=O) groups is 1. The number of hydrogen-bond acceptors (Lipinski definition) is 2. The molecule has 0 saturated carbocycles. The van der Waals surface area contributed by atoms with Gasteiger partial charge in [-0.25, -0.2) is 4.52 Å². The number of carboxylic acid groups (broad SMARTS) is 1. The fourth-order valence-electron chi connectivity index (χ4n) is 2.20. The van der Waals surface area contributed by atoms with E-state index in [0.29, 0.717) is 0 Å². The standard InChI is InChI=1S/C13H16N2O2/c1-8(2)12(13(16)17)10-5-4-6-15-11(10)7-9(3)14-15/h4-8,12H,1-3H3,(H,16,17). The third-order valence-electron chi connectivity index (χ3n) is 2.92. The van der Waals surface area contributed by atoms with Crippen molar-refractivity contribution in [2.24, 2.45) is 5.92 Å². The average molecular weight is 232 g/mol. The summed E-state index contributed by atoms with van der Waals surface area (Å²) in [7, 11) is 0. The zero-order valence-electron chi connectivity index (χ0n) is 10.2. The monoisotopic (exact) mass is 232 g/mol. The quantitative estimate of drug-likeness (QED) is 0.884. The smallest absolute Gasteiger partial charge is 0.311 e. The molecule has 0 amide bonds. The summed E-state index contributed by atoms with van der Waals surface area (Å²) >= 11 is 0. The van der Waals surface area contributed by atoms with E-state index in [2.05, 4.69) is 5.10 Å². The number of aryl methyl sites for hydroxylation is 1. The van der Waals surface area contributed by atoms with E-state index in [0.717, 1.165) is 16.8 Å². The summed E-state index contributed by atoms with van der Waals surface area (Å²) in [6, 6.07) is 5.63. The molecule has 90 valence electrons. The third-order valence-corrected chi connectivity index (χ3v) is 2.92. The zero-order valence-corrected chi connectivity index (χ0v) is 10.2. The molecule has 1 N–H and O–H groups in total. The fraction of sp³-hybridized carbons (Fsp3) is 0.385. The minimum atomic E-state index is -0.785. The van der Waals surface area contributed by atoms with Gasteiger partial charge < -0.3 is 5.11 Å².